The summed E-state index contributed by atoms with van der Waals surface area (Å²) in [6.07, 6.45) is 3.28. The first-order valence-electron chi connectivity index (χ1n) is 8.00. The maximum Gasteiger partial charge on any atom is 0.282 e. The maximum atomic E-state index is 12.3. The van der Waals surface area contributed by atoms with Gasteiger partial charge in [-0.15, -0.1) is 0 Å². The molecular weight excluding hydrogens is 320 g/mol. The summed E-state index contributed by atoms with van der Waals surface area (Å²) in [6.45, 7) is 0.544. The minimum Gasteiger partial charge on any atom is -0.481 e. The third-order valence-electron chi connectivity index (χ3n) is 3.92. The van der Waals surface area contributed by atoms with Gasteiger partial charge in [0.25, 0.3) is 11.9 Å². The number of amidine groups is 1. The van der Waals surface area contributed by atoms with Crippen molar-refractivity contribution in [3.63, 3.8) is 0 Å². The number of nitrogens with one attached hydrogen (secondary N) is 1. The molecule has 0 spiro atoms. The van der Waals surface area contributed by atoms with E-state index < -0.39 is 0 Å². The summed E-state index contributed by atoms with van der Waals surface area (Å²) in [5.41, 5.74) is 7.85. The standard InChI is InChI=1S/C18H20N4O3/c1-24-16-9-8-14(10-20-16)21-17(23)13-5-2-12(3-6-13)4-7-15-11-25-18(19)22-15/h2-3,5-6,8-10,15H,4,7,11H2,1H3,(H2,19,22)(H,21,23)/t15-/m0/s1. The number of carbonyl (C=O) groups excluding carboxylic acids is 1. The van der Waals surface area contributed by atoms with E-state index >= 15 is 0 Å². The molecule has 3 rings (SSSR count). The second kappa shape index (κ2) is 7.65. The van der Waals surface area contributed by atoms with Gasteiger partial charge in [0, 0.05) is 11.6 Å². The Hall–Kier alpha value is -3.09. The van der Waals surface area contributed by atoms with Gasteiger partial charge in [0.05, 0.1) is 25.0 Å². The fraction of sp³-hybridized carbons (Fsp3) is 0.278. The van der Waals surface area contributed by atoms with Gasteiger partial charge < -0.3 is 20.5 Å². The molecule has 1 atom stereocenters. The smallest absolute Gasteiger partial charge is 0.282 e. The highest BCUT2D eigenvalue weighted by molar-refractivity contribution is 6.04. The van der Waals surface area contributed by atoms with E-state index in [1.807, 2.05) is 24.3 Å². The van der Waals surface area contributed by atoms with Gasteiger partial charge >= 0.3 is 0 Å². The lowest BCUT2D eigenvalue weighted by Gasteiger charge is -2.08. The summed E-state index contributed by atoms with van der Waals surface area (Å²) in [7, 11) is 1.54. The second-order valence-electron chi connectivity index (χ2n) is 5.71. The lowest BCUT2D eigenvalue weighted by Crippen LogP contribution is -2.12. The number of carbonyl (C=O) groups is 1. The van der Waals surface area contributed by atoms with Crippen LogP contribution in [-0.2, 0) is 11.2 Å². The van der Waals surface area contributed by atoms with Crippen LogP contribution >= 0.6 is 0 Å². The van der Waals surface area contributed by atoms with Crippen LogP contribution in [0.15, 0.2) is 47.6 Å². The number of amides is 1. The van der Waals surface area contributed by atoms with Crippen molar-refractivity contribution in [2.24, 2.45) is 10.7 Å². The molecule has 0 aliphatic carbocycles. The SMILES string of the molecule is COc1ccc(NC(=O)c2ccc(CC[C@H]3COC(N)=N3)cc2)cn1. The van der Waals surface area contributed by atoms with Crippen LogP contribution in [0.2, 0.25) is 0 Å². The third-order valence-corrected chi connectivity index (χ3v) is 3.92. The summed E-state index contributed by atoms with van der Waals surface area (Å²) in [4.78, 5) is 20.5. The van der Waals surface area contributed by atoms with E-state index in [1.165, 1.54) is 0 Å². The van der Waals surface area contributed by atoms with E-state index in [9.17, 15) is 4.79 Å². The summed E-state index contributed by atoms with van der Waals surface area (Å²) >= 11 is 0. The zero-order valence-electron chi connectivity index (χ0n) is 13.9. The van der Waals surface area contributed by atoms with Gasteiger partial charge in [-0.05, 0) is 36.6 Å². The molecule has 1 aliphatic rings. The molecule has 2 aromatic rings. The molecule has 0 fully saturated rings. The Balaban J connectivity index is 1.54. The van der Waals surface area contributed by atoms with Crippen LogP contribution in [0.25, 0.3) is 0 Å². The number of pyridine rings is 1. The number of nitrogens with zero attached hydrogens (tertiary/aromatic N) is 2. The van der Waals surface area contributed by atoms with E-state index in [-0.39, 0.29) is 18.0 Å². The number of aromatic nitrogens is 1. The first-order valence-corrected chi connectivity index (χ1v) is 8.00. The molecule has 0 saturated heterocycles. The first-order chi connectivity index (χ1) is 12.1. The van der Waals surface area contributed by atoms with Crippen molar-refractivity contribution in [3.05, 3.63) is 53.7 Å². The molecule has 25 heavy (non-hydrogen) atoms. The third kappa shape index (κ3) is 4.47. The number of aliphatic imine (C=N–C) groups is 1. The maximum absolute atomic E-state index is 12.3. The second-order valence-corrected chi connectivity index (χ2v) is 5.71. The van der Waals surface area contributed by atoms with Crippen molar-refractivity contribution >= 4 is 17.6 Å². The van der Waals surface area contributed by atoms with Crippen molar-refractivity contribution in [3.8, 4) is 5.88 Å². The van der Waals surface area contributed by atoms with Crippen LogP contribution in [0.4, 0.5) is 5.69 Å². The fourth-order valence-electron chi connectivity index (χ4n) is 2.52. The quantitative estimate of drug-likeness (QED) is 0.838. The van der Waals surface area contributed by atoms with Crippen LogP contribution in [0.3, 0.4) is 0 Å². The number of ether oxygens (including phenoxy) is 2. The van der Waals surface area contributed by atoms with Gasteiger partial charge in [-0.25, -0.2) is 9.98 Å². The molecule has 1 aromatic heterocycles. The van der Waals surface area contributed by atoms with E-state index in [0.717, 1.165) is 18.4 Å². The summed E-state index contributed by atoms with van der Waals surface area (Å²) < 4.78 is 10.1. The van der Waals surface area contributed by atoms with Crippen LogP contribution in [0.1, 0.15) is 22.3 Å². The zero-order chi connectivity index (χ0) is 17.6. The fourth-order valence-corrected chi connectivity index (χ4v) is 2.52. The Morgan fingerprint density at radius 1 is 1.32 bits per heavy atom. The number of nitrogens with two attached hydrogens (primary N) is 1. The molecule has 7 nitrogen and oxygen atoms in total. The van der Waals surface area contributed by atoms with Crippen molar-refractivity contribution in [2.75, 3.05) is 19.0 Å². The van der Waals surface area contributed by atoms with E-state index in [4.69, 9.17) is 15.2 Å². The van der Waals surface area contributed by atoms with E-state index in [2.05, 4.69) is 15.3 Å². The Labute approximate surface area is 145 Å². The number of hydrogen-bond acceptors (Lipinski definition) is 6. The van der Waals surface area contributed by atoms with Crippen LogP contribution in [0.5, 0.6) is 5.88 Å². The minimum absolute atomic E-state index is 0.116. The lowest BCUT2D eigenvalue weighted by atomic mass is 10.0. The van der Waals surface area contributed by atoms with Crippen molar-refractivity contribution in [2.45, 2.75) is 18.9 Å². The molecule has 0 radical (unpaired) electrons. The Bertz CT molecular complexity index is 757. The molecule has 0 unspecified atom stereocenters. The molecule has 1 aromatic carbocycles. The van der Waals surface area contributed by atoms with Crippen LogP contribution < -0.4 is 15.8 Å². The molecule has 7 heteroatoms. The van der Waals surface area contributed by atoms with Crippen LogP contribution in [0, 0.1) is 0 Å². The van der Waals surface area contributed by atoms with Crippen molar-refractivity contribution in [1.29, 1.82) is 0 Å². The van der Waals surface area contributed by atoms with Gasteiger partial charge in [-0.3, -0.25) is 4.79 Å². The average Bonchev–Trinajstić information content (AvgIpc) is 3.06. The van der Waals surface area contributed by atoms with E-state index in [0.29, 0.717) is 23.7 Å². The highest BCUT2D eigenvalue weighted by Gasteiger charge is 2.16. The molecule has 0 saturated carbocycles. The number of rotatable bonds is 6. The Morgan fingerprint density at radius 2 is 2.12 bits per heavy atom. The molecule has 0 bridgehead atoms. The minimum atomic E-state index is -0.180. The van der Waals surface area contributed by atoms with Crippen LogP contribution in [-0.4, -0.2) is 36.7 Å². The molecule has 1 amide bonds. The van der Waals surface area contributed by atoms with Gasteiger partial charge in [0.2, 0.25) is 5.88 Å². The topological polar surface area (TPSA) is 98.8 Å². The van der Waals surface area contributed by atoms with Crippen molar-refractivity contribution < 1.29 is 14.3 Å². The monoisotopic (exact) mass is 340 g/mol. The van der Waals surface area contributed by atoms with Gasteiger partial charge in [-0.2, -0.15) is 0 Å². The molecule has 1 aliphatic heterocycles. The lowest BCUT2D eigenvalue weighted by molar-refractivity contribution is 0.102. The molecular formula is C18H20N4O3. The van der Waals surface area contributed by atoms with Gasteiger partial charge in [-0.1, -0.05) is 12.1 Å². The Kier molecular flexibility index (Phi) is 5.13. The highest BCUT2D eigenvalue weighted by Crippen LogP contribution is 2.15. The zero-order valence-corrected chi connectivity index (χ0v) is 13.9. The van der Waals surface area contributed by atoms with Crippen molar-refractivity contribution in [1.82, 2.24) is 4.98 Å². The normalized spacial score (nSPS) is 16.0. The predicted molar refractivity (Wildman–Crippen MR) is 94.9 cm³/mol. The Morgan fingerprint density at radius 3 is 2.72 bits per heavy atom. The summed E-state index contributed by atoms with van der Waals surface area (Å²) in [6, 6.07) is 11.3. The number of hydrogen-bond donors (Lipinski definition) is 2. The number of benzene rings is 1. The average molecular weight is 340 g/mol. The number of methoxy groups -OCH3 is 1. The summed E-state index contributed by atoms with van der Waals surface area (Å²) in [5, 5.41) is 2.81. The predicted octanol–water partition coefficient (Wildman–Crippen LogP) is 1.99. The molecule has 3 N–H and O–H groups in total. The largest absolute Gasteiger partial charge is 0.481 e. The molecule has 130 valence electrons. The van der Waals surface area contributed by atoms with Gasteiger partial charge in [0.1, 0.15) is 6.61 Å². The first kappa shape index (κ1) is 16.8. The summed E-state index contributed by atoms with van der Waals surface area (Å²) in [5.74, 6) is 0.321. The molecule has 2 heterocycles. The number of anilines is 1. The highest BCUT2D eigenvalue weighted by atomic mass is 16.5. The van der Waals surface area contributed by atoms with E-state index in [1.54, 1.807) is 25.4 Å². The number of aryl methyl sites for hydroxylation is 1. The van der Waals surface area contributed by atoms with Gasteiger partial charge in [0.15, 0.2) is 0 Å².